The van der Waals surface area contributed by atoms with E-state index < -0.39 is 40.5 Å². The van der Waals surface area contributed by atoms with Crippen LogP contribution in [0.1, 0.15) is 51.4 Å². The van der Waals surface area contributed by atoms with Crippen LogP contribution >= 0.6 is 0 Å². The Hall–Kier alpha value is -1.38. The van der Waals surface area contributed by atoms with Gasteiger partial charge in [0, 0.05) is 6.42 Å². The van der Waals surface area contributed by atoms with E-state index in [1.165, 1.54) is 0 Å². The molecule has 0 amide bonds. The van der Waals surface area contributed by atoms with Crippen LogP contribution < -0.4 is 4.74 Å². The molecule has 1 aromatic rings. The molecule has 0 heterocycles. The molecule has 0 saturated heterocycles. The molecule has 1 rings (SSSR count). The van der Waals surface area contributed by atoms with Crippen molar-refractivity contribution in [3.63, 3.8) is 0 Å². The van der Waals surface area contributed by atoms with Crippen LogP contribution in [0.5, 0.6) is 5.75 Å². The predicted octanol–water partition coefficient (Wildman–Crippen LogP) is 5.80. The maximum atomic E-state index is 12.8. The molecule has 0 spiro atoms. The van der Waals surface area contributed by atoms with E-state index in [0.717, 1.165) is 31.4 Å². The van der Waals surface area contributed by atoms with Crippen LogP contribution in [0.25, 0.3) is 0 Å². The number of hydrogen-bond acceptors (Lipinski definition) is 3. The number of benzene rings is 1. The summed E-state index contributed by atoms with van der Waals surface area (Å²) in [4.78, 5) is 0. The van der Waals surface area contributed by atoms with Gasteiger partial charge in [-0.15, -0.1) is 0 Å². The normalized spacial score (nSPS) is 12.9. The first kappa shape index (κ1) is 24.7. The van der Waals surface area contributed by atoms with Crippen molar-refractivity contribution in [2.75, 3.05) is 18.1 Å². The molecule has 0 atom stereocenters. The molecule has 0 saturated carbocycles. The van der Waals surface area contributed by atoms with Gasteiger partial charge in [-0.05, 0) is 31.4 Å². The molecule has 0 aromatic heterocycles. The Morgan fingerprint density at radius 2 is 1.29 bits per heavy atom. The van der Waals surface area contributed by atoms with Crippen molar-refractivity contribution in [2.24, 2.45) is 0 Å². The third-order valence-electron chi connectivity index (χ3n) is 4.22. The molecule has 162 valence electrons. The number of sulfone groups is 1. The maximum absolute atomic E-state index is 12.8. The average Bonchev–Trinajstić information content (AvgIpc) is 2.60. The van der Waals surface area contributed by atoms with Crippen molar-refractivity contribution >= 4 is 9.84 Å². The van der Waals surface area contributed by atoms with Gasteiger partial charge >= 0.3 is 12.1 Å². The lowest BCUT2D eigenvalue weighted by Gasteiger charge is -2.19. The second-order valence-corrected chi connectivity index (χ2v) is 9.04. The Kier molecular flexibility index (Phi) is 10.2. The molecule has 0 unspecified atom stereocenters. The number of alkyl halides is 5. The highest BCUT2D eigenvalue weighted by molar-refractivity contribution is 7.91. The predicted molar refractivity (Wildman–Crippen MR) is 98.5 cm³/mol. The third kappa shape index (κ3) is 10.2. The van der Waals surface area contributed by atoms with E-state index in [1.807, 2.05) is 30.3 Å². The lowest BCUT2D eigenvalue weighted by molar-refractivity contribution is -0.284. The Balaban J connectivity index is 2.04. The highest BCUT2D eigenvalue weighted by atomic mass is 32.2. The molecule has 1 aromatic carbocycles. The SMILES string of the molecule is O=S(=O)(CCCCCCCCOc1ccccc1)CCCC(F)(F)C(F)(F)F. The van der Waals surface area contributed by atoms with Gasteiger partial charge in [0.1, 0.15) is 15.6 Å². The summed E-state index contributed by atoms with van der Waals surface area (Å²) in [5.74, 6) is -4.84. The van der Waals surface area contributed by atoms with Gasteiger partial charge < -0.3 is 4.74 Å². The highest BCUT2D eigenvalue weighted by Crippen LogP contribution is 2.38. The van der Waals surface area contributed by atoms with Gasteiger partial charge in [0.15, 0.2) is 0 Å². The van der Waals surface area contributed by atoms with Crippen LogP contribution in [0.3, 0.4) is 0 Å². The van der Waals surface area contributed by atoms with Crippen molar-refractivity contribution in [1.29, 1.82) is 0 Å². The largest absolute Gasteiger partial charge is 0.494 e. The second kappa shape index (κ2) is 11.6. The number of ether oxygens (including phenoxy) is 1. The monoisotopic (exact) mass is 430 g/mol. The standard InChI is InChI=1S/C19H27F5O3S/c20-18(21,19(22,23)24)13-10-16-28(25,26)15-9-4-2-1-3-8-14-27-17-11-6-5-7-12-17/h5-7,11-12H,1-4,8-10,13-16H2. The molecule has 0 aliphatic heterocycles. The van der Waals surface area contributed by atoms with Gasteiger partial charge in [-0.1, -0.05) is 43.9 Å². The van der Waals surface area contributed by atoms with Gasteiger partial charge in [0.2, 0.25) is 0 Å². The summed E-state index contributed by atoms with van der Waals surface area (Å²) in [6.45, 7) is 0.612. The zero-order chi connectivity index (χ0) is 21.1. The fourth-order valence-electron chi connectivity index (χ4n) is 2.60. The zero-order valence-electron chi connectivity index (χ0n) is 15.7. The van der Waals surface area contributed by atoms with Crippen LogP contribution in [-0.2, 0) is 9.84 Å². The summed E-state index contributed by atoms with van der Waals surface area (Å²) in [7, 11) is -3.60. The van der Waals surface area contributed by atoms with Crippen LogP contribution in [0.15, 0.2) is 30.3 Å². The van der Waals surface area contributed by atoms with E-state index in [1.54, 1.807) is 0 Å². The number of para-hydroxylation sites is 1. The molecular formula is C19H27F5O3S. The lowest BCUT2D eigenvalue weighted by atomic mass is 10.1. The zero-order valence-corrected chi connectivity index (χ0v) is 16.5. The van der Waals surface area contributed by atoms with Gasteiger partial charge in [-0.25, -0.2) is 8.42 Å². The number of hydrogen-bond donors (Lipinski definition) is 0. The number of unbranched alkanes of at least 4 members (excludes halogenated alkanes) is 5. The van der Waals surface area contributed by atoms with Gasteiger partial charge in [-0.3, -0.25) is 0 Å². The topological polar surface area (TPSA) is 43.4 Å². The fourth-order valence-corrected chi connectivity index (χ4v) is 4.03. The minimum Gasteiger partial charge on any atom is -0.494 e. The fraction of sp³-hybridized carbons (Fsp3) is 0.684. The van der Waals surface area contributed by atoms with Crippen molar-refractivity contribution in [3.8, 4) is 5.75 Å². The Bertz CT molecular complexity index is 645. The molecule has 0 aliphatic carbocycles. The van der Waals surface area contributed by atoms with E-state index >= 15 is 0 Å². The van der Waals surface area contributed by atoms with Gasteiger partial charge in [0.05, 0.1) is 18.1 Å². The number of rotatable bonds is 14. The van der Waals surface area contributed by atoms with E-state index in [9.17, 15) is 30.4 Å². The van der Waals surface area contributed by atoms with Crippen LogP contribution in [-0.4, -0.2) is 38.6 Å². The quantitative estimate of drug-likeness (QED) is 0.277. The van der Waals surface area contributed by atoms with E-state index in [0.29, 0.717) is 19.4 Å². The van der Waals surface area contributed by atoms with Crippen molar-refractivity contribution in [3.05, 3.63) is 30.3 Å². The summed E-state index contributed by atoms with van der Waals surface area (Å²) >= 11 is 0. The summed E-state index contributed by atoms with van der Waals surface area (Å²) in [6.07, 6.45) is -3.16. The van der Waals surface area contributed by atoms with E-state index in [4.69, 9.17) is 4.74 Å². The first-order valence-corrected chi connectivity index (χ1v) is 11.2. The Morgan fingerprint density at radius 3 is 1.89 bits per heavy atom. The molecule has 0 aliphatic rings. The number of halogens is 5. The van der Waals surface area contributed by atoms with Gasteiger partial charge in [0.25, 0.3) is 0 Å². The first-order chi connectivity index (χ1) is 13.0. The van der Waals surface area contributed by atoms with Crippen molar-refractivity contribution < 1.29 is 35.1 Å². The maximum Gasteiger partial charge on any atom is 0.453 e. The van der Waals surface area contributed by atoms with Crippen LogP contribution in [0, 0.1) is 0 Å². The third-order valence-corrected chi connectivity index (χ3v) is 6.04. The van der Waals surface area contributed by atoms with E-state index in [-0.39, 0.29) is 5.75 Å². The molecule has 0 bridgehead atoms. The average molecular weight is 430 g/mol. The minimum absolute atomic E-state index is 0.179. The molecular weight excluding hydrogens is 403 g/mol. The molecule has 0 N–H and O–H groups in total. The first-order valence-electron chi connectivity index (χ1n) is 9.36. The van der Waals surface area contributed by atoms with Crippen molar-refractivity contribution in [2.45, 2.75) is 63.5 Å². The summed E-state index contributed by atoms with van der Waals surface area (Å²) in [5.41, 5.74) is 0. The van der Waals surface area contributed by atoms with E-state index in [2.05, 4.69) is 0 Å². The molecule has 28 heavy (non-hydrogen) atoms. The molecule has 0 radical (unpaired) electrons. The molecule has 9 heteroatoms. The van der Waals surface area contributed by atoms with Gasteiger partial charge in [-0.2, -0.15) is 22.0 Å². The Labute approximate surface area is 163 Å². The van der Waals surface area contributed by atoms with Crippen LogP contribution in [0.2, 0.25) is 0 Å². The smallest absolute Gasteiger partial charge is 0.453 e. The minimum atomic E-state index is -5.64. The highest BCUT2D eigenvalue weighted by Gasteiger charge is 2.56. The molecule has 0 fully saturated rings. The second-order valence-electron chi connectivity index (χ2n) is 6.74. The van der Waals surface area contributed by atoms with Crippen molar-refractivity contribution in [1.82, 2.24) is 0 Å². The van der Waals surface area contributed by atoms with Crippen LogP contribution in [0.4, 0.5) is 22.0 Å². The molecule has 3 nitrogen and oxygen atoms in total. The summed E-state index contributed by atoms with van der Waals surface area (Å²) < 4.78 is 90.6. The Morgan fingerprint density at radius 1 is 0.750 bits per heavy atom. The summed E-state index contributed by atoms with van der Waals surface area (Å²) in [6, 6.07) is 9.46. The lowest BCUT2D eigenvalue weighted by Crippen LogP contribution is -2.36. The summed E-state index contributed by atoms with van der Waals surface area (Å²) in [5, 5.41) is 0.